The van der Waals surface area contributed by atoms with Gasteiger partial charge in [0.15, 0.2) is 5.96 Å². The molecule has 0 unspecified atom stereocenters. The van der Waals surface area contributed by atoms with Crippen LogP contribution in [0, 0.1) is 6.92 Å². The van der Waals surface area contributed by atoms with Crippen molar-refractivity contribution in [2.75, 3.05) is 32.6 Å². The van der Waals surface area contributed by atoms with Crippen molar-refractivity contribution in [2.24, 2.45) is 4.99 Å². The number of nitrogens with one attached hydrogen (secondary N) is 2. The third-order valence-electron chi connectivity index (χ3n) is 3.99. The minimum absolute atomic E-state index is 0. The second-order valence-corrected chi connectivity index (χ2v) is 6.72. The van der Waals surface area contributed by atoms with Crippen LogP contribution in [-0.4, -0.2) is 38.5 Å². The number of hydrogen-bond acceptors (Lipinski definition) is 3. The Labute approximate surface area is 173 Å². The molecule has 0 amide bonds. The molecule has 1 aliphatic heterocycles. The van der Waals surface area contributed by atoms with E-state index in [4.69, 9.17) is 9.73 Å². The summed E-state index contributed by atoms with van der Waals surface area (Å²) in [7, 11) is 0. The predicted octanol–water partition coefficient (Wildman–Crippen LogP) is 4.13. The third kappa shape index (κ3) is 8.00. The van der Waals surface area contributed by atoms with E-state index in [0.717, 1.165) is 45.1 Å². The number of ether oxygens (including phenoxy) is 1. The Morgan fingerprint density at radius 1 is 1.32 bits per heavy atom. The van der Waals surface area contributed by atoms with Crippen LogP contribution in [0.25, 0.3) is 0 Å². The number of aliphatic imine (C=N–C) groups is 1. The Balaban J connectivity index is 0.00000312. The summed E-state index contributed by atoms with van der Waals surface area (Å²) in [6.07, 6.45) is 6.42. The van der Waals surface area contributed by atoms with Crippen LogP contribution in [0.1, 0.15) is 30.9 Å². The lowest BCUT2D eigenvalue weighted by molar-refractivity contribution is 0.153. The number of rotatable bonds is 7. The molecular formula is C19H30IN3OS. The topological polar surface area (TPSA) is 45.7 Å². The highest BCUT2D eigenvalue weighted by atomic mass is 127. The van der Waals surface area contributed by atoms with Crippen LogP contribution in [-0.2, 0) is 11.3 Å². The molecule has 0 aliphatic carbocycles. The lowest BCUT2D eigenvalue weighted by Crippen LogP contribution is -2.38. The first kappa shape index (κ1) is 22.3. The maximum Gasteiger partial charge on any atom is 0.191 e. The molecule has 140 valence electrons. The molecule has 2 N–H and O–H groups in total. The van der Waals surface area contributed by atoms with E-state index >= 15 is 0 Å². The average Bonchev–Trinajstić information content (AvgIpc) is 2.61. The number of aryl methyl sites for hydroxylation is 1. The van der Waals surface area contributed by atoms with Gasteiger partial charge in [0.2, 0.25) is 0 Å². The lowest BCUT2D eigenvalue weighted by Gasteiger charge is -2.15. The number of thioether (sulfide) groups is 1. The van der Waals surface area contributed by atoms with Gasteiger partial charge in [-0.1, -0.05) is 23.8 Å². The van der Waals surface area contributed by atoms with E-state index in [1.807, 2.05) is 0 Å². The van der Waals surface area contributed by atoms with Crippen LogP contribution in [0.4, 0.5) is 0 Å². The van der Waals surface area contributed by atoms with Crippen molar-refractivity contribution in [3.8, 4) is 0 Å². The fourth-order valence-corrected chi connectivity index (χ4v) is 3.32. The summed E-state index contributed by atoms with van der Waals surface area (Å²) in [6, 6.07) is 6.57. The van der Waals surface area contributed by atoms with Crippen LogP contribution in [0.5, 0.6) is 0 Å². The van der Waals surface area contributed by atoms with Gasteiger partial charge in [-0.25, -0.2) is 4.99 Å². The highest BCUT2D eigenvalue weighted by molar-refractivity contribution is 14.0. The maximum atomic E-state index is 5.35. The Morgan fingerprint density at radius 3 is 2.84 bits per heavy atom. The molecule has 0 bridgehead atoms. The minimum Gasteiger partial charge on any atom is -0.377 e. The predicted molar refractivity (Wildman–Crippen MR) is 119 cm³/mol. The van der Waals surface area contributed by atoms with Gasteiger partial charge in [-0.15, -0.1) is 35.7 Å². The van der Waals surface area contributed by atoms with Crippen molar-refractivity contribution in [3.63, 3.8) is 0 Å². The van der Waals surface area contributed by atoms with Crippen LogP contribution in [0.3, 0.4) is 0 Å². The Kier molecular flexibility index (Phi) is 11.2. The minimum atomic E-state index is 0. The Morgan fingerprint density at radius 2 is 2.16 bits per heavy atom. The van der Waals surface area contributed by atoms with Crippen molar-refractivity contribution in [1.82, 2.24) is 10.6 Å². The van der Waals surface area contributed by atoms with Gasteiger partial charge >= 0.3 is 0 Å². The summed E-state index contributed by atoms with van der Waals surface area (Å²) in [6.45, 7) is 8.30. The molecule has 6 heteroatoms. The van der Waals surface area contributed by atoms with Crippen molar-refractivity contribution in [1.29, 1.82) is 0 Å². The van der Waals surface area contributed by atoms with Gasteiger partial charge < -0.3 is 15.4 Å². The molecule has 0 spiro atoms. The lowest BCUT2D eigenvalue weighted by atomic mass is 10.1. The Hall–Kier alpha value is -0.730. The quantitative estimate of drug-likeness (QED) is 0.205. The number of nitrogens with zero attached hydrogens (tertiary/aromatic N) is 1. The first-order chi connectivity index (χ1) is 11.7. The monoisotopic (exact) mass is 475 g/mol. The standard InChI is InChI=1S/C19H29N3OS.HI/c1-4-20-19(21-10-7-16-8-11-23-12-9-16)22-14-17-6-5-15(2)13-18(17)24-3;/h5-6,8,13H,4,7,9-12,14H2,1-3H3,(H2,20,21,22);1H. The maximum absolute atomic E-state index is 5.35. The van der Waals surface area contributed by atoms with E-state index < -0.39 is 0 Å². The summed E-state index contributed by atoms with van der Waals surface area (Å²) in [5.74, 6) is 0.887. The molecule has 1 aromatic carbocycles. The number of guanidine groups is 1. The second kappa shape index (κ2) is 12.6. The molecule has 2 rings (SSSR count). The van der Waals surface area contributed by atoms with Gasteiger partial charge in [0.25, 0.3) is 0 Å². The molecule has 4 nitrogen and oxygen atoms in total. The number of hydrogen-bond donors (Lipinski definition) is 2. The van der Waals surface area contributed by atoms with E-state index in [1.165, 1.54) is 21.6 Å². The van der Waals surface area contributed by atoms with Crippen molar-refractivity contribution in [3.05, 3.63) is 41.0 Å². The van der Waals surface area contributed by atoms with Crippen molar-refractivity contribution < 1.29 is 4.74 Å². The van der Waals surface area contributed by atoms with Gasteiger partial charge in [0, 0.05) is 18.0 Å². The molecule has 0 aromatic heterocycles. The molecule has 0 atom stereocenters. The summed E-state index contributed by atoms with van der Waals surface area (Å²) < 4.78 is 5.35. The summed E-state index contributed by atoms with van der Waals surface area (Å²) in [5, 5.41) is 6.76. The van der Waals surface area contributed by atoms with Crippen LogP contribution in [0.2, 0.25) is 0 Å². The van der Waals surface area contributed by atoms with Gasteiger partial charge in [-0.05, 0) is 50.1 Å². The van der Waals surface area contributed by atoms with E-state index in [0.29, 0.717) is 6.54 Å². The zero-order valence-electron chi connectivity index (χ0n) is 15.4. The van der Waals surface area contributed by atoms with Crippen LogP contribution >= 0.6 is 35.7 Å². The number of halogens is 1. The second-order valence-electron chi connectivity index (χ2n) is 5.87. The molecule has 1 aliphatic rings. The first-order valence-electron chi connectivity index (χ1n) is 8.64. The van der Waals surface area contributed by atoms with Gasteiger partial charge in [-0.3, -0.25) is 0 Å². The molecule has 0 saturated carbocycles. The fourth-order valence-electron chi connectivity index (χ4n) is 2.62. The molecule has 1 heterocycles. The highest BCUT2D eigenvalue weighted by Gasteiger charge is 2.05. The average molecular weight is 475 g/mol. The van der Waals surface area contributed by atoms with Crippen molar-refractivity contribution in [2.45, 2.75) is 38.1 Å². The molecular weight excluding hydrogens is 445 g/mol. The summed E-state index contributed by atoms with van der Waals surface area (Å²) in [4.78, 5) is 6.05. The first-order valence-corrected chi connectivity index (χ1v) is 9.86. The SMILES string of the molecule is CCNC(=NCc1ccc(C)cc1SC)NCCC1=CCOCC1.I. The molecule has 0 fully saturated rings. The summed E-state index contributed by atoms with van der Waals surface area (Å²) >= 11 is 1.78. The van der Waals surface area contributed by atoms with E-state index in [9.17, 15) is 0 Å². The van der Waals surface area contributed by atoms with Gasteiger partial charge in [0.1, 0.15) is 0 Å². The number of benzene rings is 1. The molecule has 0 radical (unpaired) electrons. The molecule has 0 saturated heterocycles. The largest absolute Gasteiger partial charge is 0.377 e. The zero-order valence-corrected chi connectivity index (χ0v) is 18.6. The Bertz CT molecular complexity index is 590. The highest BCUT2D eigenvalue weighted by Crippen LogP contribution is 2.22. The zero-order chi connectivity index (χ0) is 17.2. The van der Waals surface area contributed by atoms with Crippen LogP contribution in [0.15, 0.2) is 39.7 Å². The van der Waals surface area contributed by atoms with Gasteiger partial charge in [0.05, 0.1) is 19.8 Å². The summed E-state index contributed by atoms with van der Waals surface area (Å²) in [5.41, 5.74) is 4.05. The smallest absolute Gasteiger partial charge is 0.191 e. The van der Waals surface area contributed by atoms with Crippen LogP contribution < -0.4 is 10.6 Å². The van der Waals surface area contributed by atoms with Gasteiger partial charge in [-0.2, -0.15) is 0 Å². The van der Waals surface area contributed by atoms with E-state index in [2.05, 4.69) is 55.0 Å². The normalized spacial score (nSPS) is 14.5. The molecule has 1 aromatic rings. The van der Waals surface area contributed by atoms with E-state index in [1.54, 1.807) is 11.8 Å². The fraction of sp³-hybridized carbons (Fsp3) is 0.526. The third-order valence-corrected chi connectivity index (χ3v) is 4.81. The van der Waals surface area contributed by atoms with E-state index in [-0.39, 0.29) is 24.0 Å². The molecule has 25 heavy (non-hydrogen) atoms. The van der Waals surface area contributed by atoms with Crippen molar-refractivity contribution >= 4 is 41.7 Å².